The lowest BCUT2D eigenvalue weighted by atomic mass is 9.92. The number of nitrogens with zero attached hydrogens (tertiary/aromatic N) is 2. The molecule has 164 valence electrons. The van der Waals surface area contributed by atoms with Crippen molar-refractivity contribution in [2.45, 2.75) is 40.0 Å². The summed E-state index contributed by atoms with van der Waals surface area (Å²) in [6.45, 7) is 8.71. The van der Waals surface area contributed by atoms with Crippen LogP contribution in [0.2, 0.25) is 0 Å². The molecule has 1 aliphatic heterocycles. The molecule has 1 N–H and O–H groups in total. The minimum absolute atomic E-state index is 0.367. The number of hydrogen-bond donors (Lipinski definition) is 1. The number of aromatic nitrogens is 2. The van der Waals surface area contributed by atoms with E-state index in [1.54, 1.807) is 6.26 Å². The number of aliphatic imine (C=N–C) groups is 1. The van der Waals surface area contributed by atoms with Crippen molar-refractivity contribution in [1.82, 2.24) is 9.97 Å². The Morgan fingerprint density at radius 3 is 2.30 bits per heavy atom. The number of fused-ring (bicyclic) bond motifs is 6. The first-order valence-corrected chi connectivity index (χ1v) is 11.7. The predicted octanol–water partition coefficient (Wildman–Crippen LogP) is 8.09. The average molecular weight is 434 g/mol. The SMILES string of the molecule is CC(C)C1=NC=C(c2ccc3c(c2)c2ccoc2c2cc(-c4cnc(C(C)C)[nH]4)ccc32)C1. The summed E-state index contributed by atoms with van der Waals surface area (Å²) < 4.78 is 6.02. The van der Waals surface area contributed by atoms with E-state index in [2.05, 4.69) is 85.1 Å². The highest BCUT2D eigenvalue weighted by Gasteiger charge is 2.18. The molecule has 3 aromatic carbocycles. The number of allylic oxidation sites excluding steroid dienone is 1. The second-order valence-electron chi connectivity index (χ2n) is 9.63. The van der Waals surface area contributed by atoms with Gasteiger partial charge in [-0.1, -0.05) is 52.0 Å². The molecule has 0 saturated carbocycles. The number of aromatic amines is 1. The van der Waals surface area contributed by atoms with E-state index in [-0.39, 0.29) is 0 Å². The predicted molar refractivity (Wildman–Crippen MR) is 138 cm³/mol. The van der Waals surface area contributed by atoms with Crippen LogP contribution in [-0.2, 0) is 0 Å². The Kier molecular flexibility index (Phi) is 4.51. The third-order valence-corrected chi connectivity index (χ3v) is 6.78. The number of nitrogens with one attached hydrogen (secondary N) is 1. The Hall–Kier alpha value is -3.66. The molecule has 0 unspecified atom stereocenters. The first-order valence-electron chi connectivity index (χ1n) is 11.7. The topological polar surface area (TPSA) is 54.2 Å². The van der Waals surface area contributed by atoms with E-state index in [4.69, 9.17) is 4.42 Å². The summed E-state index contributed by atoms with van der Waals surface area (Å²) in [5.74, 6) is 1.85. The normalized spacial score (nSPS) is 14.2. The zero-order valence-corrected chi connectivity index (χ0v) is 19.4. The Bertz CT molecular complexity index is 1590. The van der Waals surface area contributed by atoms with E-state index in [1.807, 2.05) is 12.4 Å². The molecule has 5 aromatic rings. The molecule has 2 aromatic heterocycles. The Morgan fingerprint density at radius 2 is 1.58 bits per heavy atom. The van der Waals surface area contributed by atoms with Crippen LogP contribution in [0.4, 0.5) is 0 Å². The first-order chi connectivity index (χ1) is 16.0. The van der Waals surface area contributed by atoms with Gasteiger partial charge in [-0.3, -0.25) is 4.99 Å². The monoisotopic (exact) mass is 433 g/mol. The second kappa shape index (κ2) is 7.45. The van der Waals surface area contributed by atoms with Crippen molar-refractivity contribution in [3.05, 3.63) is 72.5 Å². The van der Waals surface area contributed by atoms with Crippen LogP contribution in [0.3, 0.4) is 0 Å². The molecular formula is C29H27N3O. The molecule has 33 heavy (non-hydrogen) atoms. The highest BCUT2D eigenvalue weighted by atomic mass is 16.3. The fourth-order valence-electron chi connectivity index (χ4n) is 4.82. The van der Waals surface area contributed by atoms with Gasteiger partial charge in [0.2, 0.25) is 0 Å². The van der Waals surface area contributed by atoms with Gasteiger partial charge in [0.05, 0.1) is 18.2 Å². The maximum Gasteiger partial charge on any atom is 0.142 e. The van der Waals surface area contributed by atoms with E-state index in [1.165, 1.54) is 33.0 Å². The maximum absolute atomic E-state index is 6.02. The van der Waals surface area contributed by atoms with E-state index >= 15 is 0 Å². The number of furan rings is 1. The third-order valence-electron chi connectivity index (χ3n) is 6.78. The maximum atomic E-state index is 6.02. The minimum Gasteiger partial charge on any atom is -0.464 e. The number of benzene rings is 3. The zero-order valence-electron chi connectivity index (χ0n) is 19.4. The van der Waals surface area contributed by atoms with Crippen LogP contribution in [-0.4, -0.2) is 15.7 Å². The Labute approximate surface area is 193 Å². The molecule has 3 heterocycles. The molecule has 0 fully saturated rings. The van der Waals surface area contributed by atoms with Crippen LogP contribution in [0.1, 0.15) is 51.4 Å². The molecule has 4 heteroatoms. The van der Waals surface area contributed by atoms with Crippen molar-refractivity contribution >= 4 is 43.8 Å². The summed E-state index contributed by atoms with van der Waals surface area (Å²) in [5.41, 5.74) is 6.85. The van der Waals surface area contributed by atoms with Crippen molar-refractivity contribution in [3.8, 4) is 11.3 Å². The van der Waals surface area contributed by atoms with Crippen molar-refractivity contribution < 1.29 is 4.42 Å². The molecule has 0 spiro atoms. The molecule has 0 radical (unpaired) electrons. The molecular weight excluding hydrogens is 406 g/mol. The van der Waals surface area contributed by atoms with Crippen LogP contribution in [0.5, 0.6) is 0 Å². The van der Waals surface area contributed by atoms with Crippen molar-refractivity contribution in [2.24, 2.45) is 10.9 Å². The lowest BCUT2D eigenvalue weighted by Crippen LogP contribution is -2.04. The van der Waals surface area contributed by atoms with E-state index in [0.717, 1.165) is 39.9 Å². The van der Waals surface area contributed by atoms with Gasteiger partial charge in [-0.2, -0.15) is 0 Å². The average Bonchev–Trinajstić information content (AvgIpc) is 3.59. The van der Waals surface area contributed by atoms with Gasteiger partial charge in [-0.25, -0.2) is 4.98 Å². The molecule has 6 rings (SSSR count). The molecule has 4 nitrogen and oxygen atoms in total. The van der Waals surface area contributed by atoms with Gasteiger partial charge in [0.15, 0.2) is 0 Å². The smallest absolute Gasteiger partial charge is 0.142 e. The fraction of sp³-hybridized carbons (Fsp3) is 0.241. The van der Waals surface area contributed by atoms with E-state index in [0.29, 0.717) is 11.8 Å². The molecule has 1 aliphatic rings. The highest BCUT2D eigenvalue weighted by molar-refractivity contribution is 6.24. The van der Waals surface area contributed by atoms with Crippen LogP contribution in [0.15, 0.2) is 70.5 Å². The third kappa shape index (κ3) is 3.20. The van der Waals surface area contributed by atoms with Gasteiger partial charge < -0.3 is 9.40 Å². The van der Waals surface area contributed by atoms with E-state index < -0.39 is 0 Å². The van der Waals surface area contributed by atoms with Gasteiger partial charge in [0.25, 0.3) is 0 Å². The largest absolute Gasteiger partial charge is 0.464 e. The number of imidazole rings is 1. The minimum atomic E-state index is 0.367. The highest BCUT2D eigenvalue weighted by Crippen LogP contribution is 2.39. The second-order valence-corrected chi connectivity index (χ2v) is 9.63. The molecule has 0 bridgehead atoms. The first kappa shape index (κ1) is 20.0. The number of rotatable bonds is 4. The summed E-state index contributed by atoms with van der Waals surface area (Å²) >= 11 is 0. The molecule has 0 atom stereocenters. The van der Waals surface area contributed by atoms with Crippen LogP contribution >= 0.6 is 0 Å². The van der Waals surface area contributed by atoms with Gasteiger partial charge in [-0.15, -0.1) is 0 Å². The fourth-order valence-corrected chi connectivity index (χ4v) is 4.82. The lowest BCUT2D eigenvalue weighted by Gasteiger charge is -2.11. The summed E-state index contributed by atoms with van der Waals surface area (Å²) in [6, 6.07) is 15.5. The molecule has 0 saturated heterocycles. The summed E-state index contributed by atoms with van der Waals surface area (Å²) in [5, 5.41) is 5.93. The van der Waals surface area contributed by atoms with Crippen LogP contribution in [0, 0.1) is 5.92 Å². The number of hydrogen-bond acceptors (Lipinski definition) is 3. The Balaban J connectivity index is 1.51. The summed E-state index contributed by atoms with van der Waals surface area (Å²) in [4.78, 5) is 12.7. The molecule has 0 aliphatic carbocycles. The standard InChI is InChI=1S/C29H27N3O/c1-16(2)26-13-20(14-30-26)18-5-7-21-22-8-6-19(27-15-31-29(32-27)17(3)4)12-25(22)28-23(9-10-33-28)24(21)11-18/h5-12,14-17H,13H2,1-4H3,(H,31,32). The van der Waals surface area contributed by atoms with Crippen molar-refractivity contribution in [2.75, 3.05) is 0 Å². The van der Waals surface area contributed by atoms with Crippen molar-refractivity contribution in [1.29, 1.82) is 0 Å². The lowest BCUT2D eigenvalue weighted by molar-refractivity contribution is 0.619. The van der Waals surface area contributed by atoms with Crippen LogP contribution < -0.4 is 0 Å². The number of H-pyrrole nitrogens is 1. The van der Waals surface area contributed by atoms with Crippen LogP contribution in [0.25, 0.3) is 49.3 Å². The van der Waals surface area contributed by atoms with Gasteiger partial charge >= 0.3 is 0 Å². The van der Waals surface area contributed by atoms with E-state index in [9.17, 15) is 0 Å². The van der Waals surface area contributed by atoms with Crippen molar-refractivity contribution in [3.63, 3.8) is 0 Å². The van der Waals surface area contributed by atoms with Gasteiger partial charge in [0.1, 0.15) is 11.4 Å². The summed E-state index contributed by atoms with van der Waals surface area (Å²) in [7, 11) is 0. The van der Waals surface area contributed by atoms with Gasteiger partial charge in [0, 0.05) is 40.6 Å². The quantitative estimate of drug-likeness (QED) is 0.291. The molecule has 0 amide bonds. The Morgan fingerprint density at radius 1 is 0.818 bits per heavy atom. The summed E-state index contributed by atoms with van der Waals surface area (Å²) in [6.07, 6.45) is 6.68. The van der Waals surface area contributed by atoms with Gasteiger partial charge in [-0.05, 0) is 51.4 Å². The zero-order chi connectivity index (χ0) is 22.7.